The summed E-state index contributed by atoms with van der Waals surface area (Å²) in [5.74, 6) is -0.682. The minimum Gasteiger partial charge on any atom is -0.481 e. The molecule has 0 saturated heterocycles. The van der Waals surface area contributed by atoms with Gasteiger partial charge in [0.15, 0.2) is 18.2 Å². The molecule has 1 aliphatic carbocycles. The van der Waals surface area contributed by atoms with Gasteiger partial charge in [-0.05, 0) is 84.0 Å². The van der Waals surface area contributed by atoms with Crippen LogP contribution in [-0.4, -0.2) is 45.7 Å². The van der Waals surface area contributed by atoms with E-state index in [1.165, 1.54) is 23.3 Å². The molecule has 3 aromatic carbocycles. The Bertz CT molecular complexity index is 1390. The van der Waals surface area contributed by atoms with Crippen LogP contribution in [0, 0.1) is 5.82 Å². The third-order valence-corrected chi connectivity index (χ3v) is 7.29. The molecule has 1 aliphatic heterocycles. The Balaban J connectivity index is 1.47. The summed E-state index contributed by atoms with van der Waals surface area (Å²) in [6.07, 6.45) is 5.01. The molecule has 202 valence electrons. The average Bonchev–Trinajstić information content (AvgIpc) is 3.33. The van der Waals surface area contributed by atoms with Gasteiger partial charge in [-0.25, -0.2) is 9.40 Å². The molecule has 0 aromatic heterocycles. The molecule has 39 heavy (non-hydrogen) atoms. The normalized spacial score (nSPS) is 17.6. The Morgan fingerprint density at radius 3 is 2.23 bits per heavy atom. The fourth-order valence-electron chi connectivity index (χ4n) is 5.18. The lowest BCUT2D eigenvalue weighted by atomic mass is 9.85. The van der Waals surface area contributed by atoms with Gasteiger partial charge in [0, 0.05) is 39.6 Å². The lowest BCUT2D eigenvalue weighted by Crippen LogP contribution is -2.42. The number of ether oxygens (including phenoxy) is 1. The van der Waals surface area contributed by atoms with E-state index in [0.29, 0.717) is 0 Å². The van der Waals surface area contributed by atoms with Gasteiger partial charge >= 0.3 is 0 Å². The summed E-state index contributed by atoms with van der Waals surface area (Å²) < 4.78 is 19.7. The van der Waals surface area contributed by atoms with Crippen molar-refractivity contribution in [3.05, 3.63) is 107 Å². The highest BCUT2D eigenvalue weighted by molar-refractivity contribution is 5.80. The maximum atomic E-state index is 14.1. The zero-order chi connectivity index (χ0) is 27.5. The van der Waals surface area contributed by atoms with E-state index in [-0.39, 0.29) is 24.3 Å². The zero-order valence-electron chi connectivity index (χ0n) is 22.9. The summed E-state index contributed by atoms with van der Waals surface area (Å²) >= 11 is 0. The van der Waals surface area contributed by atoms with E-state index in [9.17, 15) is 9.18 Å². The molecule has 5 rings (SSSR count). The molecule has 1 amide bonds. The number of allylic oxidation sites excluding steroid dienone is 1. The Morgan fingerprint density at radius 2 is 1.59 bits per heavy atom. The van der Waals surface area contributed by atoms with E-state index in [1.54, 1.807) is 17.1 Å². The van der Waals surface area contributed by atoms with Crippen LogP contribution >= 0.6 is 0 Å². The Morgan fingerprint density at radius 1 is 0.949 bits per heavy atom. The lowest BCUT2D eigenvalue weighted by molar-refractivity contribution is -0.137. The molecule has 0 bridgehead atoms. The van der Waals surface area contributed by atoms with Crippen molar-refractivity contribution in [3.63, 3.8) is 0 Å². The van der Waals surface area contributed by atoms with Gasteiger partial charge in [-0.1, -0.05) is 36.4 Å². The number of amides is 1. The molecule has 7 heteroatoms. The molecule has 1 heterocycles. The van der Waals surface area contributed by atoms with Gasteiger partial charge in [-0.2, -0.15) is 0 Å². The minimum absolute atomic E-state index is 0.0661. The summed E-state index contributed by atoms with van der Waals surface area (Å²) in [4.78, 5) is 17.7. The predicted molar refractivity (Wildman–Crippen MR) is 155 cm³/mol. The SMILES string of the molecule is CN(C)c1ccc(/C=C2/CCCC3=C2NN(C(=O)COc2ccccc2F)[C@@H]3c2ccc(N(C)C)cc2)cc1. The molecule has 0 saturated carbocycles. The first-order valence-electron chi connectivity index (χ1n) is 13.3. The van der Waals surface area contributed by atoms with Crippen LogP contribution in [-0.2, 0) is 4.79 Å². The first-order valence-corrected chi connectivity index (χ1v) is 13.3. The standard InChI is InChI=1S/C32H35FN4O2/c1-35(2)25-16-12-22(13-17-25)20-24-8-7-9-27-31(24)34-37(30(38)21-39-29-11-6-5-10-28(29)33)32(27)23-14-18-26(19-15-23)36(3)4/h5-6,10-20,32,34H,7-9,21H2,1-4H3/b24-20-/t32-/m1/s1. The van der Waals surface area contributed by atoms with Crippen LogP contribution in [0.25, 0.3) is 6.08 Å². The van der Waals surface area contributed by atoms with E-state index in [2.05, 4.69) is 69.8 Å². The number of hydrazine groups is 1. The molecule has 0 unspecified atom stereocenters. The fourth-order valence-corrected chi connectivity index (χ4v) is 5.18. The molecule has 1 N–H and O–H groups in total. The van der Waals surface area contributed by atoms with Crippen molar-refractivity contribution in [2.45, 2.75) is 25.3 Å². The number of nitrogens with zero attached hydrogens (tertiary/aromatic N) is 3. The summed E-state index contributed by atoms with van der Waals surface area (Å²) in [6, 6.07) is 22.6. The molecular formula is C32H35FN4O2. The van der Waals surface area contributed by atoms with E-state index in [1.807, 2.05) is 28.2 Å². The second kappa shape index (κ2) is 11.2. The Kier molecular flexibility index (Phi) is 7.59. The number of rotatable bonds is 7. The molecule has 0 radical (unpaired) electrons. The van der Waals surface area contributed by atoms with Crippen molar-refractivity contribution in [2.75, 3.05) is 44.6 Å². The van der Waals surface area contributed by atoms with Gasteiger partial charge in [0.05, 0.1) is 5.70 Å². The highest BCUT2D eigenvalue weighted by Gasteiger charge is 2.39. The average molecular weight is 527 g/mol. The predicted octanol–water partition coefficient (Wildman–Crippen LogP) is 5.95. The highest BCUT2D eigenvalue weighted by atomic mass is 19.1. The molecule has 6 nitrogen and oxygen atoms in total. The van der Waals surface area contributed by atoms with Crippen LogP contribution in [0.3, 0.4) is 0 Å². The first-order chi connectivity index (χ1) is 18.8. The second-order valence-electron chi connectivity index (χ2n) is 10.4. The van der Waals surface area contributed by atoms with Gasteiger partial charge in [-0.15, -0.1) is 0 Å². The van der Waals surface area contributed by atoms with Crippen LogP contribution < -0.4 is 20.0 Å². The number of benzene rings is 3. The highest BCUT2D eigenvalue weighted by Crippen LogP contribution is 2.44. The van der Waals surface area contributed by atoms with E-state index >= 15 is 0 Å². The Labute approximate surface area is 230 Å². The minimum atomic E-state index is -0.488. The molecular weight excluding hydrogens is 491 g/mol. The Hall–Kier alpha value is -4.26. The van der Waals surface area contributed by atoms with Crippen molar-refractivity contribution >= 4 is 23.4 Å². The summed E-state index contributed by atoms with van der Waals surface area (Å²) in [5, 5.41) is 1.66. The first kappa shape index (κ1) is 26.4. The number of hydrogen-bond donors (Lipinski definition) is 1. The molecule has 1 atom stereocenters. The molecule has 0 fully saturated rings. The van der Waals surface area contributed by atoms with Gasteiger partial charge < -0.3 is 14.5 Å². The van der Waals surface area contributed by atoms with Gasteiger partial charge in [0.25, 0.3) is 5.91 Å². The van der Waals surface area contributed by atoms with E-state index < -0.39 is 5.82 Å². The van der Waals surface area contributed by atoms with Crippen LogP contribution in [0.4, 0.5) is 15.8 Å². The van der Waals surface area contributed by atoms with Crippen molar-refractivity contribution in [2.24, 2.45) is 0 Å². The monoisotopic (exact) mass is 526 g/mol. The van der Waals surface area contributed by atoms with Gasteiger partial charge in [-0.3, -0.25) is 10.2 Å². The van der Waals surface area contributed by atoms with Crippen molar-refractivity contribution in [1.82, 2.24) is 10.4 Å². The summed E-state index contributed by atoms with van der Waals surface area (Å²) in [6.45, 7) is -0.272. The number of para-hydroxylation sites is 1. The maximum absolute atomic E-state index is 14.1. The van der Waals surface area contributed by atoms with Crippen LogP contribution in [0.15, 0.2) is 89.6 Å². The topological polar surface area (TPSA) is 48.1 Å². The number of nitrogens with one attached hydrogen (secondary N) is 1. The number of hydrogen-bond acceptors (Lipinski definition) is 5. The largest absolute Gasteiger partial charge is 0.481 e. The third kappa shape index (κ3) is 5.62. The van der Waals surface area contributed by atoms with Crippen molar-refractivity contribution < 1.29 is 13.9 Å². The van der Waals surface area contributed by atoms with Crippen molar-refractivity contribution in [1.29, 1.82) is 0 Å². The maximum Gasteiger partial charge on any atom is 0.279 e. The quantitative estimate of drug-likeness (QED) is 0.413. The van der Waals surface area contributed by atoms with E-state index in [4.69, 9.17) is 4.74 Å². The molecule has 0 spiro atoms. The number of carbonyl (C=O) groups is 1. The zero-order valence-corrected chi connectivity index (χ0v) is 22.9. The summed E-state index contributed by atoms with van der Waals surface area (Å²) in [5.41, 5.74) is 11.2. The van der Waals surface area contributed by atoms with Crippen LogP contribution in [0.2, 0.25) is 0 Å². The van der Waals surface area contributed by atoms with Crippen molar-refractivity contribution in [3.8, 4) is 5.75 Å². The third-order valence-electron chi connectivity index (χ3n) is 7.29. The number of anilines is 2. The number of halogens is 1. The molecule has 3 aromatic rings. The van der Waals surface area contributed by atoms with Crippen LogP contribution in [0.1, 0.15) is 36.4 Å². The number of carbonyl (C=O) groups excluding carboxylic acids is 1. The second-order valence-corrected chi connectivity index (χ2v) is 10.4. The fraction of sp³-hybridized carbons (Fsp3) is 0.281. The van der Waals surface area contributed by atoms with E-state index in [0.717, 1.165) is 47.5 Å². The van der Waals surface area contributed by atoms with Gasteiger partial charge in [0.1, 0.15) is 6.04 Å². The van der Waals surface area contributed by atoms with Gasteiger partial charge in [0.2, 0.25) is 0 Å². The molecule has 2 aliphatic rings. The summed E-state index contributed by atoms with van der Waals surface area (Å²) in [7, 11) is 8.07. The lowest BCUT2D eigenvalue weighted by Gasteiger charge is -2.27. The van der Waals surface area contributed by atoms with Crippen LogP contribution in [0.5, 0.6) is 5.75 Å². The smallest absolute Gasteiger partial charge is 0.279 e.